The number of nitrogens with zero attached hydrogens (tertiary/aromatic N) is 2. The van der Waals surface area contributed by atoms with Gasteiger partial charge in [0.15, 0.2) is 6.04 Å². The number of hydrogen-bond donors (Lipinski definition) is 9. The van der Waals surface area contributed by atoms with Gasteiger partial charge in [-0.05, 0) is 17.9 Å². The minimum atomic E-state index is -2.61. The summed E-state index contributed by atoms with van der Waals surface area (Å²) in [5.41, 5.74) is 11.7. The number of imide groups is 1. The van der Waals surface area contributed by atoms with Crippen LogP contribution in [0.4, 0.5) is 4.79 Å². The fourth-order valence-corrected chi connectivity index (χ4v) is 6.41. The van der Waals surface area contributed by atoms with E-state index in [1.807, 2.05) is 6.07 Å². The van der Waals surface area contributed by atoms with Crippen LogP contribution in [0, 0.1) is 0 Å². The zero-order valence-corrected chi connectivity index (χ0v) is 21.6. The van der Waals surface area contributed by atoms with E-state index in [4.69, 9.17) is 16.2 Å². The first-order valence-corrected chi connectivity index (χ1v) is 12.8. The van der Waals surface area contributed by atoms with Gasteiger partial charge in [-0.25, -0.2) is 14.7 Å². The quantitative estimate of drug-likeness (QED) is 0.0995. The number of benzene rings is 1. The molecule has 5 aliphatic heterocycles. The Hall–Kier alpha value is -4.11. The molecular formula is C24H33N9O6+2. The van der Waals surface area contributed by atoms with Crippen molar-refractivity contribution in [2.24, 2.45) is 11.5 Å². The van der Waals surface area contributed by atoms with E-state index in [-0.39, 0.29) is 42.5 Å². The van der Waals surface area contributed by atoms with Gasteiger partial charge in [-0.3, -0.25) is 36.3 Å². The average Bonchev–Trinajstić information content (AvgIpc) is 3.46. The van der Waals surface area contributed by atoms with Crippen LogP contribution in [0.2, 0.25) is 0 Å². The first-order valence-electron chi connectivity index (χ1n) is 12.8. The second-order valence-corrected chi connectivity index (χ2v) is 11.3. The molecule has 4 amide bonds. The topological polar surface area (TPSA) is 221 Å². The Morgan fingerprint density at radius 3 is 2.79 bits per heavy atom. The van der Waals surface area contributed by atoms with Crippen molar-refractivity contribution < 1.29 is 38.9 Å². The number of nitrogens with one attached hydrogen (secondary N) is 5. The van der Waals surface area contributed by atoms with Gasteiger partial charge in [0.2, 0.25) is 5.91 Å². The molecule has 5 heterocycles. The summed E-state index contributed by atoms with van der Waals surface area (Å²) >= 11 is 0. The Morgan fingerprint density at radius 1 is 1.31 bits per heavy atom. The van der Waals surface area contributed by atoms with Crippen molar-refractivity contribution in [1.82, 2.24) is 26.2 Å². The summed E-state index contributed by atoms with van der Waals surface area (Å²) in [5.74, 6) is -3.01. The summed E-state index contributed by atoms with van der Waals surface area (Å²) in [7, 11) is 0. The number of carbonyl (C=O) groups is 3. The molecule has 208 valence electrons. The van der Waals surface area contributed by atoms with Crippen molar-refractivity contribution in [2.45, 2.75) is 55.3 Å². The van der Waals surface area contributed by atoms with Crippen molar-refractivity contribution in [3.05, 3.63) is 29.3 Å². The predicted molar refractivity (Wildman–Crippen MR) is 134 cm³/mol. The van der Waals surface area contributed by atoms with Gasteiger partial charge >= 0.3 is 18.0 Å². The number of urea groups is 1. The highest BCUT2D eigenvalue weighted by Gasteiger charge is 2.78. The van der Waals surface area contributed by atoms with E-state index in [0.717, 1.165) is 16.9 Å². The van der Waals surface area contributed by atoms with Gasteiger partial charge in [0.05, 0.1) is 31.8 Å². The van der Waals surface area contributed by atoms with Crippen LogP contribution in [0.5, 0.6) is 5.75 Å². The highest BCUT2D eigenvalue weighted by molar-refractivity contribution is 6.02. The Kier molecular flexibility index (Phi) is 5.29. The Morgan fingerprint density at radius 2 is 2.08 bits per heavy atom. The number of nitrogens with two attached hydrogens (primary N) is 2. The van der Waals surface area contributed by atoms with E-state index >= 15 is 0 Å². The van der Waals surface area contributed by atoms with Crippen molar-refractivity contribution in [1.29, 1.82) is 0 Å². The molecule has 0 radical (unpaired) electrons. The molecule has 15 nitrogen and oxygen atoms in total. The van der Waals surface area contributed by atoms with E-state index < -0.39 is 47.4 Å². The molecule has 5 aliphatic rings. The zero-order chi connectivity index (χ0) is 27.9. The predicted octanol–water partition coefficient (Wildman–Crippen LogP) is -5.55. The van der Waals surface area contributed by atoms with Crippen molar-refractivity contribution in [3.8, 4) is 5.75 Å². The van der Waals surface area contributed by atoms with E-state index in [0.29, 0.717) is 12.4 Å². The lowest BCUT2D eigenvalue weighted by molar-refractivity contribution is -0.674. The molecule has 1 aromatic rings. The summed E-state index contributed by atoms with van der Waals surface area (Å²) in [6.07, 6.45) is 0.799. The summed E-state index contributed by atoms with van der Waals surface area (Å²) in [6, 6.07) is 1.90. The van der Waals surface area contributed by atoms with Crippen LogP contribution >= 0.6 is 0 Å². The number of fused-ring (bicyclic) bond motifs is 1. The molecular weight excluding hydrogens is 510 g/mol. The van der Waals surface area contributed by atoms with Crippen molar-refractivity contribution in [3.63, 3.8) is 0 Å². The van der Waals surface area contributed by atoms with Gasteiger partial charge in [-0.2, -0.15) is 0 Å². The van der Waals surface area contributed by atoms with E-state index in [1.165, 1.54) is 4.58 Å². The van der Waals surface area contributed by atoms with Crippen LogP contribution in [-0.2, 0) is 10.2 Å². The monoisotopic (exact) mass is 543 g/mol. The van der Waals surface area contributed by atoms with Gasteiger partial charge < -0.3 is 25.6 Å². The number of aliphatic hydroxyl groups is 2. The molecule has 0 bridgehead atoms. The highest BCUT2D eigenvalue weighted by Crippen LogP contribution is 2.41. The van der Waals surface area contributed by atoms with Crippen LogP contribution in [0.3, 0.4) is 0 Å². The summed E-state index contributed by atoms with van der Waals surface area (Å²) in [6.45, 7) is 4.28. The van der Waals surface area contributed by atoms with E-state index in [2.05, 4.69) is 40.1 Å². The number of rotatable bonds is 4. The maximum atomic E-state index is 13.5. The molecule has 1 aromatic carbocycles. The molecule has 0 aliphatic carbocycles. The van der Waals surface area contributed by atoms with Gasteiger partial charge in [0.1, 0.15) is 17.8 Å². The first kappa shape index (κ1) is 25.2. The third kappa shape index (κ3) is 3.45. The number of carbonyl (C=O) groups excluding carboxylic acids is 3. The van der Waals surface area contributed by atoms with Crippen LogP contribution in [0.25, 0.3) is 0 Å². The smallest absolute Gasteiger partial charge is 0.347 e. The lowest BCUT2D eigenvalue weighted by Crippen LogP contribution is -2.92. The minimum Gasteiger partial charge on any atom is -0.492 e. The largest absolute Gasteiger partial charge is 0.492 e. The number of para-hydroxylation sites is 1. The molecule has 1 spiro atoms. The maximum Gasteiger partial charge on any atom is 0.347 e. The molecule has 0 saturated carbocycles. The molecule has 39 heavy (non-hydrogen) atoms. The van der Waals surface area contributed by atoms with Gasteiger partial charge in [0, 0.05) is 5.56 Å². The van der Waals surface area contributed by atoms with Crippen LogP contribution in [0.1, 0.15) is 36.2 Å². The Bertz CT molecular complexity index is 1340. The second kappa shape index (κ2) is 8.19. The van der Waals surface area contributed by atoms with Gasteiger partial charge in [-0.1, -0.05) is 26.0 Å². The number of amides is 4. The van der Waals surface area contributed by atoms with Crippen LogP contribution in [-0.4, -0.2) is 105 Å². The van der Waals surface area contributed by atoms with Crippen molar-refractivity contribution >= 4 is 29.8 Å². The van der Waals surface area contributed by atoms with Crippen LogP contribution < -0.4 is 42.5 Å². The number of guanidine groups is 2. The third-order valence-electron chi connectivity index (χ3n) is 8.53. The lowest BCUT2D eigenvalue weighted by Gasteiger charge is -2.41. The highest BCUT2D eigenvalue weighted by atomic mass is 16.5. The van der Waals surface area contributed by atoms with Crippen molar-refractivity contribution in [2.75, 3.05) is 26.2 Å². The fourth-order valence-electron chi connectivity index (χ4n) is 6.41. The first-order chi connectivity index (χ1) is 18.4. The maximum absolute atomic E-state index is 13.5. The molecule has 2 saturated heterocycles. The summed E-state index contributed by atoms with van der Waals surface area (Å²) < 4.78 is 7.36. The third-order valence-corrected chi connectivity index (χ3v) is 8.53. The molecule has 11 N–H and O–H groups in total. The van der Waals surface area contributed by atoms with E-state index in [1.54, 1.807) is 12.1 Å². The normalized spacial score (nSPS) is 31.7. The van der Waals surface area contributed by atoms with Crippen LogP contribution in [0.15, 0.2) is 18.2 Å². The SMILES string of the molecule is CC1(C)CCOc2c(C(=O)NC3C[N+]4=C(N)N[C@@H](CN5C(=O)CNC5=O)[C@@H]5[NH+]=C(N)NC54C3(O)O)cccc21. The molecule has 2 fully saturated rings. The van der Waals surface area contributed by atoms with E-state index in [9.17, 15) is 24.6 Å². The molecule has 15 heteroatoms. The minimum absolute atomic E-state index is 0.0379. The standard InChI is InChI=1S/C24H31N9O6/c1-22(2)6-7-39-16-11(4-3-5-12(16)22)18(35)29-14-10-33-20(26)28-13(9-32-15(34)8-27-21(32)36)17-23(33,24(14,37)38)31-19(25)30-17/h3-5,13-14,17,37-38H,6-10H2,1-2H3,(H7,25,26,27,28,29,30,31,35,36)/p+2/t13-,14?,17-,23?/m0/s1. The molecule has 4 atom stereocenters. The fraction of sp³-hybridized carbons (Fsp3) is 0.542. The molecule has 6 rings (SSSR count). The zero-order valence-electron chi connectivity index (χ0n) is 21.6. The van der Waals surface area contributed by atoms with Gasteiger partial charge in [-0.15, -0.1) is 0 Å². The summed E-state index contributed by atoms with van der Waals surface area (Å²) in [4.78, 5) is 42.0. The molecule has 0 aromatic heterocycles. The average molecular weight is 544 g/mol. The second-order valence-electron chi connectivity index (χ2n) is 11.3. The Balaban J connectivity index is 1.32. The number of ether oxygens (including phenoxy) is 1. The Labute approximate surface area is 223 Å². The number of hydrogen-bond acceptors (Lipinski definition) is 10. The lowest BCUT2D eigenvalue weighted by atomic mass is 9.79. The summed E-state index contributed by atoms with van der Waals surface area (Å²) in [5, 5.41) is 34.6. The molecule has 2 unspecified atom stereocenters. The van der Waals surface area contributed by atoms with Gasteiger partial charge in [0.25, 0.3) is 17.4 Å².